The fraction of sp³-hybridized carbons (Fsp3) is 0.333. The van der Waals surface area contributed by atoms with Crippen LogP contribution in [-0.4, -0.2) is 5.11 Å². The Labute approximate surface area is 115 Å². The topological polar surface area (TPSA) is 20.2 Å². The SMILES string of the molecule is Cc1cc(Cc2ccccc2)cc(C(C)(C)C)c1O. The molecule has 19 heavy (non-hydrogen) atoms. The number of benzene rings is 2. The molecule has 0 atom stereocenters. The van der Waals surface area contributed by atoms with Gasteiger partial charge in [0.25, 0.3) is 0 Å². The molecule has 1 heteroatoms. The lowest BCUT2D eigenvalue weighted by Gasteiger charge is -2.22. The molecule has 0 unspecified atom stereocenters. The molecule has 0 spiro atoms. The molecule has 0 heterocycles. The largest absolute Gasteiger partial charge is 0.507 e. The quantitative estimate of drug-likeness (QED) is 0.831. The summed E-state index contributed by atoms with van der Waals surface area (Å²) in [6.07, 6.45) is 0.908. The summed E-state index contributed by atoms with van der Waals surface area (Å²) in [6, 6.07) is 14.7. The maximum Gasteiger partial charge on any atom is 0.122 e. The summed E-state index contributed by atoms with van der Waals surface area (Å²) in [4.78, 5) is 0. The van der Waals surface area contributed by atoms with Crippen molar-refractivity contribution in [2.75, 3.05) is 0 Å². The Morgan fingerprint density at radius 3 is 2.16 bits per heavy atom. The van der Waals surface area contributed by atoms with Crippen LogP contribution in [0.3, 0.4) is 0 Å². The molecule has 0 radical (unpaired) electrons. The van der Waals surface area contributed by atoms with Crippen molar-refractivity contribution in [3.05, 3.63) is 64.7 Å². The summed E-state index contributed by atoms with van der Waals surface area (Å²) < 4.78 is 0. The predicted molar refractivity (Wildman–Crippen MR) is 80.8 cm³/mol. The zero-order chi connectivity index (χ0) is 14.0. The van der Waals surface area contributed by atoms with Crippen LogP contribution in [-0.2, 0) is 11.8 Å². The van der Waals surface area contributed by atoms with Crippen LogP contribution in [0.2, 0.25) is 0 Å². The lowest BCUT2D eigenvalue weighted by atomic mass is 9.83. The summed E-state index contributed by atoms with van der Waals surface area (Å²) in [5, 5.41) is 10.2. The van der Waals surface area contributed by atoms with Crippen molar-refractivity contribution in [1.82, 2.24) is 0 Å². The van der Waals surface area contributed by atoms with Crippen LogP contribution in [0.1, 0.15) is 43.0 Å². The van der Waals surface area contributed by atoms with Crippen LogP contribution in [0.15, 0.2) is 42.5 Å². The van der Waals surface area contributed by atoms with E-state index in [0.29, 0.717) is 5.75 Å². The van der Waals surface area contributed by atoms with Crippen LogP contribution in [0, 0.1) is 6.92 Å². The third kappa shape index (κ3) is 3.17. The van der Waals surface area contributed by atoms with Gasteiger partial charge in [-0.05, 0) is 41.0 Å². The molecule has 0 aliphatic carbocycles. The third-order valence-electron chi connectivity index (χ3n) is 3.42. The van der Waals surface area contributed by atoms with Gasteiger partial charge in [-0.2, -0.15) is 0 Å². The van der Waals surface area contributed by atoms with E-state index in [-0.39, 0.29) is 5.41 Å². The summed E-state index contributed by atoms with van der Waals surface area (Å²) in [6.45, 7) is 8.37. The van der Waals surface area contributed by atoms with Crippen LogP contribution in [0.25, 0.3) is 0 Å². The molecule has 0 bridgehead atoms. The molecular weight excluding hydrogens is 232 g/mol. The van der Waals surface area contributed by atoms with E-state index in [1.807, 2.05) is 13.0 Å². The van der Waals surface area contributed by atoms with Gasteiger partial charge in [-0.25, -0.2) is 0 Å². The van der Waals surface area contributed by atoms with Gasteiger partial charge in [0, 0.05) is 0 Å². The highest BCUT2D eigenvalue weighted by molar-refractivity contribution is 5.47. The molecule has 2 aromatic carbocycles. The Balaban J connectivity index is 2.40. The van der Waals surface area contributed by atoms with Gasteiger partial charge in [0.1, 0.15) is 5.75 Å². The van der Waals surface area contributed by atoms with E-state index in [4.69, 9.17) is 0 Å². The number of aryl methyl sites for hydroxylation is 1. The van der Waals surface area contributed by atoms with Crippen LogP contribution in [0.4, 0.5) is 0 Å². The number of aromatic hydroxyl groups is 1. The van der Waals surface area contributed by atoms with E-state index in [0.717, 1.165) is 17.5 Å². The Morgan fingerprint density at radius 1 is 0.947 bits per heavy atom. The van der Waals surface area contributed by atoms with E-state index >= 15 is 0 Å². The van der Waals surface area contributed by atoms with Gasteiger partial charge in [-0.15, -0.1) is 0 Å². The Morgan fingerprint density at radius 2 is 1.58 bits per heavy atom. The smallest absolute Gasteiger partial charge is 0.122 e. The second kappa shape index (κ2) is 5.08. The molecule has 100 valence electrons. The molecule has 0 aliphatic heterocycles. The Kier molecular flexibility index (Phi) is 3.66. The predicted octanol–water partition coefficient (Wildman–Crippen LogP) is 4.59. The molecular formula is C18H22O. The fourth-order valence-corrected chi connectivity index (χ4v) is 2.36. The van der Waals surface area contributed by atoms with Crippen molar-refractivity contribution in [1.29, 1.82) is 0 Å². The van der Waals surface area contributed by atoms with Crippen LogP contribution < -0.4 is 0 Å². The normalized spacial score (nSPS) is 11.6. The molecule has 0 saturated heterocycles. The fourth-order valence-electron chi connectivity index (χ4n) is 2.36. The average molecular weight is 254 g/mol. The maximum atomic E-state index is 10.2. The minimum absolute atomic E-state index is 0.0401. The second-order valence-corrected chi connectivity index (χ2v) is 6.22. The van der Waals surface area contributed by atoms with E-state index in [1.165, 1.54) is 11.1 Å². The summed E-state index contributed by atoms with van der Waals surface area (Å²) in [5.41, 5.74) is 4.50. The van der Waals surface area contributed by atoms with Gasteiger partial charge in [-0.3, -0.25) is 0 Å². The molecule has 0 amide bonds. The van der Waals surface area contributed by atoms with Gasteiger partial charge in [-0.1, -0.05) is 63.2 Å². The van der Waals surface area contributed by atoms with Crippen molar-refractivity contribution in [2.45, 2.75) is 39.5 Å². The zero-order valence-corrected chi connectivity index (χ0v) is 12.2. The first-order valence-corrected chi connectivity index (χ1v) is 6.75. The van der Waals surface area contributed by atoms with Crippen molar-refractivity contribution in [3.8, 4) is 5.75 Å². The van der Waals surface area contributed by atoms with E-state index < -0.39 is 0 Å². The lowest BCUT2D eigenvalue weighted by molar-refractivity contribution is 0.442. The van der Waals surface area contributed by atoms with E-state index in [2.05, 4.69) is 57.2 Å². The second-order valence-electron chi connectivity index (χ2n) is 6.22. The Hall–Kier alpha value is -1.76. The molecule has 2 rings (SSSR count). The average Bonchev–Trinajstić information content (AvgIpc) is 2.33. The van der Waals surface area contributed by atoms with Gasteiger partial charge < -0.3 is 5.11 Å². The highest BCUT2D eigenvalue weighted by Crippen LogP contribution is 2.34. The standard InChI is InChI=1S/C18H22O/c1-13-10-15(11-14-8-6-5-7-9-14)12-16(17(13)19)18(2,3)4/h5-10,12,19H,11H2,1-4H3. The highest BCUT2D eigenvalue weighted by Gasteiger charge is 2.20. The minimum Gasteiger partial charge on any atom is -0.507 e. The third-order valence-corrected chi connectivity index (χ3v) is 3.42. The molecule has 0 aliphatic rings. The van der Waals surface area contributed by atoms with E-state index in [1.54, 1.807) is 0 Å². The van der Waals surface area contributed by atoms with Crippen molar-refractivity contribution in [3.63, 3.8) is 0 Å². The van der Waals surface area contributed by atoms with Crippen molar-refractivity contribution >= 4 is 0 Å². The van der Waals surface area contributed by atoms with E-state index in [9.17, 15) is 5.11 Å². The zero-order valence-electron chi connectivity index (χ0n) is 12.2. The number of hydrogen-bond acceptors (Lipinski definition) is 1. The van der Waals surface area contributed by atoms with Crippen molar-refractivity contribution < 1.29 is 5.11 Å². The number of rotatable bonds is 2. The molecule has 1 nitrogen and oxygen atoms in total. The monoisotopic (exact) mass is 254 g/mol. The number of phenolic OH excluding ortho intramolecular Hbond substituents is 1. The number of hydrogen-bond donors (Lipinski definition) is 1. The van der Waals surface area contributed by atoms with Crippen molar-refractivity contribution in [2.24, 2.45) is 0 Å². The number of phenols is 1. The lowest BCUT2D eigenvalue weighted by Crippen LogP contribution is -2.12. The first-order valence-electron chi connectivity index (χ1n) is 6.75. The molecule has 2 aromatic rings. The van der Waals surface area contributed by atoms with Crippen LogP contribution in [0.5, 0.6) is 5.75 Å². The molecule has 0 fully saturated rings. The van der Waals surface area contributed by atoms with Gasteiger partial charge in [0.2, 0.25) is 0 Å². The summed E-state index contributed by atoms with van der Waals surface area (Å²) >= 11 is 0. The van der Waals surface area contributed by atoms with Gasteiger partial charge >= 0.3 is 0 Å². The van der Waals surface area contributed by atoms with Gasteiger partial charge in [0.05, 0.1) is 0 Å². The molecule has 0 saturated carbocycles. The van der Waals surface area contributed by atoms with Gasteiger partial charge in [0.15, 0.2) is 0 Å². The molecule has 0 aromatic heterocycles. The van der Waals surface area contributed by atoms with Crippen LogP contribution >= 0.6 is 0 Å². The highest BCUT2D eigenvalue weighted by atomic mass is 16.3. The molecule has 1 N–H and O–H groups in total. The summed E-state index contributed by atoms with van der Waals surface area (Å²) in [5.74, 6) is 0.435. The first kappa shape index (κ1) is 13.7. The first-order chi connectivity index (χ1) is 8.88. The Bertz CT molecular complexity index is 562. The summed E-state index contributed by atoms with van der Waals surface area (Å²) in [7, 11) is 0. The minimum atomic E-state index is -0.0401. The maximum absolute atomic E-state index is 10.2.